The standard InChI is InChI=1S/C6H14O4/c1-2-4-10-5-3-6(7,8)9/h7-9H,2-5H2,1H3. The number of aliphatic hydroxyl groups is 3. The molecule has 0 aliphatic rings. The Morgan fingerprint density at radius 2 is 1.80 bits per heavy atom. The first-order chi connectivity index (χ1) is 4.56. The van der Waals surface area contributed by atoms with E-state index in [9.17, 15) is 0 Å². The quantitative estimate of drug-likeness (QED) is 0.363. The van der Waals surface area contributed by atoms with Gasteiger partial charge in [-0.05, 0) is 6.42 Å². The minimum absolute atomic E-state index is 0.164. The summed E-state index contributed by atoms with van der Waals surface area (Å²) in [4.78, 5) is 0. The smallest absolute Gasteiger partial charge is 0.277 e. The van der Waals surface area contributed by atoms with Gasteiger partial charge in [0, 0.05) is 6.61 Å². The molecule has 10 heavy (non-hydrogen) atoms. The maximum atomic E-state index is 8.35. The number of hydrogen-bond acceptors (Lipinski definition) is 4. The molecule has 0 saturated heterocycles. The van der Waals surface area contributed by atoms with E-state index >= 15 is 0 Å². The van der Waals surface area contributed by atoms with Gasteiger partial charge in [-0.2, -0.15) is 0 Å². The zero-order chi connectivity index (χ0) is 8.04. The molecule has 0 rings (SSSR count). The minimum Gasteiger partial charge on any atom is -0.381 e. The Labute approximate surface area is 60.1 Å². The zero-order valence-corrected chi connectivity index (χ0v) is 6.08. The highest BCUT2D eigenvalue weighted by Crippen LogP contribution is 1.99. The number of ether oxygens (including phenoxy) is 1. The lowest BCUT2D eigenvalue weighted by atomic mass is 10.4. The lowest BCUT2D eigenvalue weighted by Crippen LogP contribution is -2.28. The molecule has 0 aromatic carbocycles. The van der Waals surface area contributed by atoms with Crippen molar-refractivity contribution in [2.24, 2.45) is 0 Å². The Morgan fingerprint density at radius 1 is 1.20 bits per heavy atom. The van der Waals surface area contributed by atoms with Gasteiger partial charge in [-0.1, -0.05) is 6.92 Å². The SMILES string of the molecule is CCCOCCC(O)(O)O. The van der Waals surface area contributed by atoms with Gasteiger partial charge in [0.25, 0.3) is 5.97 Å². The molecular formula is C6H14O4. The molecule has 0 aliphatic carbocycles. The summed E-state index contributed by atoms with van der Waals surface area (Å²) in [6.45, 7) is 2.69. The molecule has 62 valence electrons. The van der Waals surface area contributed by atoms with Crippen LogP contribution in [0.3, 0.4) is 0 Å². The predicted octanol–water partition coefficient (Wildman–Crippen LogP) is -0.566. The Kier molecular flexibility index (Phi) is 4.55. The second-order valence-corrected chi connectivity index (χ2v) is 2.14. The largest absolute Gasteiger partial charge is 0.381 e. The van der Waals surface area contributed by atoms with Crippen LogP contribution in [0.1, 0.15) is 19.8 Å². The molecule has 0 bridgehead atoms. The molecule has 4 nitrogen and oxygen atoms in total. The monoisotopic (exact) mass is 150 g/mol. The molecule has 4 heteroatoms. The van der Waals surface area contributed by atoms with Crippen molar-refractivity contribution in [1.29, 1.82) is 0 Å². The van der Waals surface area contributed by atoms with Crippen LogP contribution in [0.4, 0.5) is 0 Å². The highest BCUT2D eigenvalue weighted by molar-refractivity contribution is 4.44. The van der Waals surface area contributed by atoms with Crippen molar-refractivity contribution in [2.45, 2.75) is 25.7 Å². The van der Waals surface area contributed by atoms with Gasteiger partial charge in [0.05, 0.1) is 13.0 Å². The summed E-state index contributed by atoms with van der Waals surface area (Å²) >= 11 is 0. The van der Waals surface area contributed by atoms with E-state index in [1.54, 1.807) is 0 Å². The van der Waals surface area contributed by atoms with E-state index < -0.39 is 5.97 Å². The third-order valence-electron chi connectivity index (χ3n) is 0.930. The summed E-state index contributed by atoms with van der Waals surface area (Å²) in [6, 6.07) is 0. The lowest BCUT2D eigenvalue weighted by Gasteiger charge is -2.12. The number of hydrogen-bond donors (Lipinski definition) is 3. The molecular weight excluding hydrogens is 136 g/mol. The van der Waals surface area contributed by atoms with Crippen molar-refractivity contribution in [3.63, 3.8) is 0 Å². The molecule has 0 atom stereocenters. The van der Waals surface area contributed by atoms with Crippen LogP contribution in [0, 0.1) is 0 Å². The van der Waals surface area contributed by atoms with Crippen LogP contribution >= 0.6 is 0 Å². The van der Waals surface area contributed by atoms with E-state index in [0.717, 1.165) is 6.42 Å². The summed E-state index contributed by atoms with van der Waals surface area (Å²) < 4.78 is 4.88. The van der Waals surface area contributed by atoms with E-state index in [1.807, 2.05) is 6.92 Å². The third kappa shape index (κ3) is 7.84. The molecule has 0 aliphatic heterocycles. The van der Waals surface area contributed by atoms with E-state index in [1.165, 1.54) is 0 Å². The van der Waals surface area contributed by atoms with Gasteiger partial charge in [-0.3, -0.25) is 0 Å². The van der Waals surface area contributed by atoms with Crippen LogP contribution < -0.4 is 0 Å². The topological polar surface area (TPSA) is 69.9 Å². The van der Waals surface area contributed by atoms with Crippen molar-refractivity contribution in [1.82, 2.24) is 0 Å². The first-order valence-corrected chi connectivity index (χ1v) is 3.31. The zero-order valence-electron chi connectivity index (χ0n) is 6.08. The van der Waals surface area contributed by atoms with Crippen LogP contribution in [0.5, 0.6) is 0 Å². The maximum absolute atomic E-state index is 8.35. The van der Waals surface area contributed by atoms with Gasteiger partial charge in [0.15, 0.2) is 0 Å². The Hall–Kier alpha value is -0.160. The molecule has 0 heterocycles. The van der Waals surface area contributed by atoms with Crippen molar-refractivity contribution < 1.29 is 20.1 Å². The van der Waals surface area contributed by atoms with Crippen LogP contribution in [-0.2, 0) is 4.74 Å². The molecule has 3 N–H and O–H groups in total. The molecule has 0 spiro atoms. The highest BCUT2D eigenvalue weighted by Gasteiger charge is 2.16. The molecule has 0 aromatic rings. The van der Waals surface area contributed by atoms with Crippen LogP contribution in [0.2, 0.25) is 0 Å². The Bertz CT molecular complexity index is 76.3. The number of rotatable bonds is 5. The average molecular weight is 150 g/mol. The minimum atomic E-state index is -2.58. The van der Waals surface area contributed by atoms with Gasteiger partial charge in [-0.15, -0.1) is 0 Å². The van der Waals surface area contributed by atoms with Crippen LogP contribution in [-0.4, -0.2) is 34.5 Å². The predicted molar refractivity (Wildman–Crippen MR) is 35.1 cm³/mol. The summed E-state index contributed by atoms with van der Waals surface area (Å²) in [6.07, 6.45) is 0.711. The van der Waals surface area contributed by atoms with Crippen molar-refractivity contribution in [2.75, 3.05) is 13.2 Å². The maximum Gasteiger partial charge on any atom is 0.277 e. The Morgan fingerprint density at radius 3 is 2.20 bits per heavy atom. The normalized spacial score (nSPS) is 12.0. The molecule has 0 amide bonds. The van der Waals surface area contributed by atoms with E-state index in [0.29, 0.717) is 6.61 Å². The summed E-state index contributed by atoms with van der Waals surface area (Å²) in [5.41, 5.74) is 0. The summed E-state index contributed by atoms with van der Waals surface area (Å²) in [5, 5.41) is 25.0. The fourth-order valence-corrected chi connectivity index (χ4v) is 0.455. The van der Waals surface area contributed by atoms with Gasteiger partial charge in [0.2, 0.25) is 0 Å². The van der Waals surface area contributed by atoms with Crippen LogP contribution in [0.15, 0.2) is 0 Å². The van der Waals surface area contributed by atoms with E-state index in [2.05, 4.69) is 0 Å². The molecule has 0 radical (unpaired) electrons. The lowest BCUT2D eigenvalue weighted by molar-refractivity contribution is -0.317. The van der Waals surface area contributed by atoms with Crippen LogP contribution in [0.25, 0.3) is 0 Å². The van der Waals surface area contributed by atoms with Gasteiger partial charge < -0.3 is 20.1 Å². The second-order valence-electron chi connectivity index (χ2n) is 2.14. The first kappa shape index (κ1) is 9.84. The highest BCUT2D eigenvalue weighted by atomic mass is 16.7. The fourth-order valence-electron chi connectivity index (χ4n) is 0.455. The molecule has 0 aromatic heterocycles. The molecule has 0 fully saturated rings. The third-order valence-corrected chi connectivity index (χ3v) is 0.930. The second kappa shape index (κ2) is 4.62. The van der Waals surface area contributed by atoms with Gasteiger partial charge in [0.1, 0.15) is 0 Å². The summed E-state index contributed by atoms with van der Waals surface area (Å²) in [5.74, 6) is -2.58. The molecule has 0 unspecified atom stereocenters. The average Bonchev–Trinajstić information content (AvgIpc) is 1.78. The van der Waals surface area contributed by atoms with Gasteiger partial charge in [-0.25, -0.2) is 0 Å². The van der Waals surface area contributed by atoms with Gasteiger partial charge >= 0.3 is 0 Å². The van der Waals surface area contributed by atoms with E-state index in [4.69, 9.17) is 20.1 Å². The first-order valence-electron chi connectivity index (χ1n) is 3.31. The Balaban J connectivity index is 3.04. The summed E-state index contributed by atoms with van der Waals surface area (Å²) in [7, 11) is 0. The van der Waals surface area contributed by atoms with Crippen molar-refractivity contribution in [3.8, 4) is 0 Å². The van der Waals surface area contributed by atoms with Crippen molar-refractivity contribution >= 4 is 0 Å². The molecule has 0 saturated carbocycles. The van der Waals surface area contributed by atoms with Crippen molar-refractivity contribution in [3.05, 3.63) is 0 Å². The fraction of sp³-hybridized carbons (Fsp3) is 1.00. The van der Waals surface area contributed by atoms with E-state index in [-0.39, 0.29) is 13.0 Å².